The van der Waals surface area contributed by atoms with Gasteiger partial charge in [0.15, 0.2) is 0 Å². The molecular formula is C92H184F2N4O. The number of likely N-dealkylation sites (tertiary alicyclic amines) is 2. The van der Waals surface area contributed by atoms with Crippen molar-refractivity contribution in [3.63, 3.8) is 0 Å². The van der Waals surface area contributed by atoms with Crippen LogP contribution in [0.5, 0.6) is 0 Å². The number of nitrogens with one attached hydrogen (secondary N) is 1. The van der Waals surface area contributed by atoms with Gasteiger partial charge >= 0.3 is 0 Å². The van der Waals surface area contributed by atoms with E-state index in [1.807, 2.05) is 0 Å². The third-order valence-electron chi connectivity index (χ3n) is 24.4. The highest BCUT2D eigenvalue weighted by Crippen LogP contribution is 2.54. The minimum atomic E-state index is -0.849. The fourth-order valence-electron chi connectivity index (χ4n) is 19.8. The molecule has 3 heterocycles. The second-order valence-electron chi connectivity index (χ2n) is 45.3. The van der Waals surface area contributed by atoms with Crippen molar-refractivity contribution < 1.29 is 13.9 Å². The van der Waals surface area contributed by atoms with Crippen molar-refractivity contribution in [2.45, 2.75) is 461 Å². The Morgan fingerprint density at radius 1 is 0.434 bits per heavy atom. The molecule has 0 aromatic heterocycles. The Morgan fingerprint density at radius 3 is 1.29 bits per heavy atom. The third-order valence-corrected chi connectivity index (χ3v) is 24.4. The molecule has 592 valence electrons. The number of alkyl halides is 2. The lowest BCUT2D eigenvalue weighted by molar-refractivity contribution is 0.0456. The van der Waals surface area contributed by atoms with E-state index < -0.39 is 12.3 Å². The zero-order chi connectivity index (χ0) is 74.2. The van der Waals surface area contributed by atoms with Gasteiger partial charge < -0.3 is 21.1 Å². The highest BCUT2D eigenvalue weighted by molar-refractivity contribution is 4.97. The Bertz CT molecular complexity index is 1980. The Hall–Kier alpha value is -0.340. The first-order chi connectivity index (χ1) is 44.9. The maximum Gasteiger partial charge on any atom is 0.128 e. The van der Waals surface area contributed by atoms with Gasteiger partial charge in [-0.2, -0.15) is 0 Å². The Morgan fingerprint density at radius 2 is 0.889 bits per heavy atom. The van der Waals surface area contributed by atoms with E-state index in [4.69, 9.17) is 5.73 Å². The molecule has 7 saturated carbocycles. The molecule has 0 amide bonds. The van der Waals surface area contributed by atoms with Crippen LogP contribution in [0.3, 0.4) is 0 Å². The number of nitrogens with zero attached hydrogens (tertiary/aromatic N) is 2. The van der Waals surface area contributed by atoms with E-state index in [1.165, 1.54) is 200 Å². The number of fused-ring (bicyclic) bond motifs is 2. The summed E-state index contributed by atoms with van der Waals surface area (Å²) < 4.78 is 26.6. The zero-order valence-corrected chi connectivity index (χ0v) is 71.5. The molecule has 10 fully saturated rings. The first kappa shape index (κ1) is 94.7. The second kappa shape index (κ2) is 43.0. The molecular weight excluding hydrogens is 1220 g/mol. The average molecular weight is 1400 g/mol. The van der Waals surface area contributed by atoms with Crippen LogP contribution in [0.1, 0.15) is 425 Å². The lowest BCUT2D eigenvalue weighted by Crippen LogP contribution is -2.54. The van der Waals surface area contributed by atoms with Crippen LogP contribution in [0, 0.1) is 90.2 Å². The summed E-state index contributed by atoms with van der Waals surface area (Å²) in [5.41, 5.74) is 10.5. The summed E-state index contributed by atoms with van der Waals surface area (Å²) >= 11 is 0. The van der Waals surface area contributed by atoms with Gasteiger partial charge in [-0.25, -0.2) is 8.78 Å². The highest BCUT2D eigenvalue weighted by Gasteiger charge is 2.42. The molecule has 3 aliphatic heterocycles. The standard InChI is InChI=1S/C14H26.C13H26.C12H24.C11H21F.C11H21N.C11H22O.C10H21N.C9H19FN2.CH4/c1-13(2,3)11-12-5-9-14(10-6-12)7-4-8-14;1-5-11-6-8-12(9-7-11)10-13(2,3)4;1-11(2,3)10-12(4)8-6-5-7-9-12;1-11(2,3)8-9-6-4-5-7-10(9)12;1-11(2,3)6-9-4-8-5-10(9)12-7-8;1-11(2,3)8-9-6-4-5-7-10(9)12;1-10(2,3)9-11-7-5-4-6-8-11;1-9(2,3)12-5-4-8(11)7(10)6-12;/h12H,4-11H2,1-3H3;11-12H,5-10H2,1-4H3;5-10H2,1-4H3;9-10H,4-8H2,1-3H3;8-10,12H,4-7H2,1-3H3;9-10,12H,4-8H2,1-3H3;4-9H2,1-3H3;7-8H,4-6,11H2,1-3H3;1H4/t;;;9-,10-;;9-,10+;;7-,8-;/m...0.0.0./s1. The molecule has 10 rings (SSSR count). The van der Waals surface area contributed by atoms with Crippen molar-refractivity contribution in [3.8, 4) is 0 Å². The maximum atomic E-state index is 13.4. The maximum absolute atomic E-state index is 13.4. The summed E-state index contributed by atoms with van der Waals surface area (Å²) in [6.45, 7) is 66.6. The lowest BCUT2D eigenvalue weighted by Gasteiger charge is -2.47. The lowest BCUT2D eigenvalue weighted by atomic mass is 9.58. The largest absolute Gasteiger partial charge is 0.393 e. The molecule has 2 bridgehead atoms. The first-order valence-corrected chi connectivity index (χ1v) is 42.9. The average Bonchev–Trinajstić information content (AvgIpc) is 1.63. The van der Waals surface area contributed by atoms with Crippen LogP contribution in [-0.4, -0.2) is 90.2 Å². The molecule has 99 heavy (non-hydrogen) atoms. The van der Waals surface area contributed by atoms with E-state index in [0.29, 0.717) is 61.7 Å². The van der Waals surface area contributed by atoms with Crippen LogP contribution in [-0.2, 0) is 0 Å². The second-order valence-corrected chi connectivity index (χ2v) is 45.3. The number of aliphatic hydroxyl groups is 1. The number of halogens is 2. The number of hydrogen-bond acceptors (Lipinski definition) is 5. The monoisotopic (exact) mass is 1400 g/mol. The molecule has 1 spiro atoms. The summed E-state index contributed by atoms with van der Waals surface area (Å²) in [4.78, 5) is 4.75. The fraction of sp³-hybridized carbons (Fsp3) is 1.00. The third kappa shape index (κ3) is 43.3. The number of hydrogen-bond donors (Lipinski definition) is 3. The smallest absolute Gasteiger partial charge is 0.128 e. The van der Waals surface area contributed by atoms with Crippen molar-refractivity contribution >= 4 is 0 Å². The summed E-state index contributed by atoms with van der Waals surface area (Å²) in [6.07, 6.45) is 49.1. The van der Waals surface area contributed by atoms with Crippen LogP contribution in [0.25, 0.3) is 0 Å². The number of aliphatic hydroxyl groups excluding tert-OH is 1. The van der Waals surface area contributed by atoms with Gasteiger partial charge in [-0.05, 0) is 278 Å². The van der Waals surface area contributed by atoms with E-state index >= 15 is 0 Å². The molecule has 0 radical (unpaired) electrons. The highest BCUT2D eigenvalue weighted by atomic mass is 19.1. The minimum Gasteiger partial charge on any atom is -0.393 e. The molecule has 5 nitrogen and oxygen atoms in total. The predicted octanol–water partition coefficient (Wildman–Crippen LogP) is 27.5. The van der Waals surface area contributed by atoms with Crippen LogP contribution in [0.2, 0.25) is 0 Å². The number of rotatable bonds is 8. The van der Waals surface area contributed by atoms with Gasteiger partial charge in [0.25, 0.3) is 0 Å². The summed E-state index contributed by atoms with van der Waals surface area (Å²) in [6, 6.07) is 0.623. The van der Waals surface area contributed by atoms with Crippen LogP contribution in [0.4, 0.5) is 8.78 Å². The number of nitrogens with two attached hydrogens (primary N) is 1. The topological polar surface area (TPSA) is 64.8 Å². The van der Waals surface area contributed by atoms with Crippen molar-refractivity contribution in [2.24, 2.45) is 95.9 Å². The van der Waals surface area contributed by atoms with Crippen LogP contribution < -0.4 is 11.1 Å². The van der Waals surface area contributed by atoms with Crippen molar-refractivity contribution in [3.05, 3.63) is 0 Å². The SMILES string of the molecule is C.CC(C)(C)CC1(C)CCCCC1.CC(C)(C)CC1CC2CNC1C2.CC(C)(C)CC1CCC2(CCC2)CC1.CC(C)(C)CN1CCCCC1.CC(C)(C)C[C@@H]1CCCC[C@@H]1F.CC(C)(C)C[C@@H]1CCCC[C@H]1O.CC(C)(C)N1CC[C@H](N)[C@@H](F)C1.CCC1CCC(CC(C)(C)C)CC1. The minimum absolute atomic E-state index is 0. The van der Waals surface area contributed by atoms with E-state index in [0.717, 1.165) is 86.1 Å². The molecule has 4 N–H and O–H groups in total. The summed E-state index contributed by atoms with van der Waals surface area (Å²) in [5.74, 6) is 6.03. The summed E-state index contributed by atoms with van der Waals surface area (Å²) in [5, 5.41) is 13.4. The fourth-order valence-corrected chi connectivity index (χ4v) is 19.8. The predicted molar refractivity (Wildman–Crippen MR) is 438 cm³/mol. The van der Waals surface area contributed by atoms with Gasteiger partial charge in [-0.1, -0.05) is 257 Å². The van der Waals surface area contributed by atoms with Gasteiger partial charge in [0, 0.05) is 37.3 Å². The van der Waals surface area contributed by atoms with Gasteiger partial charge in [-0.15, -0.1) is 0 Å². The molecule has 0 aromatic carbocycles. The van der Waals surface area contributed by atoms with Crippen molar-refractivity contribution in [2.75, 3.05) is 39.3 Å². The van der Waals surface area contributed by atoms with Crippen LogP contribution >= 0.6 is 0 Å². The number of piperidine rings is 3. The van der Waals surface area contributed by atoms with Crippen molar-refractivity contribution in [1.29, 1.82) is 0 Å². The molecule has 7 aliphatic carbocycles. The van der Waals surface area contributed by atoms with Gasteiger partial charge in [0.2, 0.25) is 0 Å². The van der Waals surface area contributed by atoms with Gasteiger partial charge in [0.1, 0.15) is 12.3 Å². The molecule has 3 saturated heterocycles. The Kier molecular flexibility index (Phi) is 41.2. The van der Waals surface area contributed by atoms with Gasteiger partial charge in [0.05, 0.1) is 6.10 Å². The molecule has 10 aliphatic rings. The van der Waals surface area contributed by atoms with E-state index in [-0.39, 0.29) is 25.1 Å². The van der Waals surface area contributed by atoms with E-state index in [1.54, 1.807) is 25.7 Å². The first-order valence-electron chi connectivity index (χ1n) is 42.9. The quantitative estimate of drug-likeness (QED) is 0.226. The molecule has 7 heteroatoms. The van der Waals surface area contributed by atoms with E-state index in [2.05, 4.69) is 195 Å². The zero-order valence-electron chi connectivity index (χ0n) is 71.5. The van der Waals surface area contributed by atoms with Crippen molar-refractivity contribution in [1.82, 2.24) is 15.1 Å². The molecule has 3 unspecified atom stereocenters. The summed E-state index contributed by atoms with van der Waals surface area (Å²) in [7, 11) is 0. The molecule has 9 atom stereocenters. The molecule has 0 aromatic rings. The van der Waals surface area contributed by atoms with E-state index in [9.17, 15) is 13.9 Å². The van der Waals surface area contributed by atoms with Gasteiger partial charge in [-0.3, -0.25) is 4.90 Å². The normalized spacial score (nSPS) is 30.1. The Labute approximate surface area is 621 Å². The Balaban J connectivity index is 0.000000385. The van der Waals surface area contributed by atoms with Crippen LogP contribution in [0.15, 0.2) is 0 Å².